The summed E-state index contributed by atoms with van der Waals surface area (Å²) in [6.07, 6.45) is -0.881. The fourth-order valence-corrected chi connectivity index (χ4v) is 2.31. The molecule has 0 spiro atoms. The quantitative estimate of drug-likeness (QED) is 0.696. The van der Waals surface area contributed by atoms with Gasteiger partial charge in [-0.2, -0.15) is 0 Å². The molecule has 0 aliphatic rings. The number of rotatable bonds is 8. The van der Waals surface area contributed by atoms with E-state index in [2.05, 4.69) is 10.6 Å². The smallest absolute Gasteiger partial charge is 0.319 e. The Hall–Kier alpha value is -2.09. The van der Waals surface area contributed by atoms with Crippen molar-refractivity contribution in [3.8, 4) is 0 Å². The van der Waals surface area contributed by atoms with Crippen LogP contribution in [0.5, 0.6) is 0 Å². The molecule has 0 aromatic heterocycles. The third-order valence-electron chi connectivity index (χ3n) is 2.94. The Kier molecular flexibility index (Phi) is 8.25. The van der Waals surface area contributed by atoms with Gasteiger partial charge in [0.05, 0.1) is 5.75 Å². The number of thioether (sulfide) groups is 1. The van der Waals surface area contributed by atoms with Crippen LogP contribution in [0.25, 0.3) is 0 Å². The number of nitrogens with one attached hydrogen (secondary N) is 2. The Morgan fingerprint density at radius 3 is 2.42 bits per heavy atom. The summed E-state index contributed by atoms with van der Waals surface area (Å²) >= 11 is 1.09. The van der Waals surface area contributed by atoms with Crippen LogP contribution < -0.4 is 10.6 Å². The molecule has 0 aliphatic heterocycles. The highest BCUT2D eigenvalue weighted by Gasteiger charge is 2.22. The van der Waals surface area contributed by atoms with Gasteiger partial charge in [-0.25, -0.2) is 4.39 Å². The lowest BCUT2D eigenvalue weighted by Gasteiger charge is -2.16. The number of ether oxygens (including phenoxy) is 1. The van der Waals surface area contributed by atoms with E-state index in [1.165, 1.54) is 31.2 Å². The van der Waals surface area contributed by atoms with E-state index in [-0.39, 0.29) is 23.4 Å². The van der Waals surface area contributed by atoms with Gasteiger partial charge in [0, 0.05) is 12.2 Å². The van der Waals surface area contributed by atoms with E-state index < -0.39 is 17.3 Å². The predicted octanol–water partition coefficient (Wildman–Crippen LogP) is 1.95. The molecule has 1 aromatic carbocycles. The summed E-state index contributed by atoms with van der Waals surface area (Å²) in [6.45, 7) is 5.31. The molecular formula is C16H21FN2O4S. The Morgan fingerprint density at radius 2 is 1.83 bits per heavy atom. The average Bonchev–Trinajstić information content (AvgIpc) is 2.54. The largest absolute Gasteiger partial charge is 0.452 e. The number of anilines is 1. The predicted molar refractivity (Wildman–Crippen MR) is 91.2 cm³/mol. The van der Waals surface area contributed by atoms with Crippen LogP contribution in [-0.4, -0.2) is 41.4 Å². The Labute approximate surface area is 144 Å². The molecule has 0 unspecified atom stereocenters. The third kappa shape index (κ3) is 6.99. The fourth-order valence-electron chi connectivity index (χ4n) is 1.64. The summed E-state index contributed by atoms with van der Waals surface area (Å²) in [5, 5.41) is 4.56. The average molecular weight is 356 g/mol. The van der Waals surface area contributed by atoms with Gasteiger partial charge < -0.3 is 15.4 Å². The van der Waals surface area contributed by atoms with Crippen molar-refractivity contribution in [2.45, 2.75) is 32.1 Å². The number of hydrogen-bond donors (Lipinski definition) is 2. The highest BCUT2D eigenvalue weighted by atomic mass is 32.2. The van der Waals surface area contributed by atoms with Crippen LogP contribution in [0.15, 0.2) is 24.3 Å². The zero-order valence-electron chi connectivity index (χ0n) is 13.8. The van der Waals surface area contributed by atoms with Crippen molar-refractivity contribution in [1.82, 2.24) is 5.32 Å². The van der Waals surface area contributed by atoms with Crippen molar-refractivity contribution >= 4 is 35.2 Å². The number of benzene rings is 1. The van der Waals surface area contributed by atoms with Crippen molar-refractivity contribution in [3.05, 3.63) is 30.1 Å². The van der Waals surface area contributed by atoms with Crippen LogP contribution >= 0.6 is 11.8 Å². The molecule has 0 radical (unpaired) electrons. The number of esters is 1. The molecule has 2 atom stereocenters. The molecule has 2 amide bonds. The summed E-state index contributed by atoms with van der Waals surface area (Å²) < 4.78 is 17.8. The van der Waals surface area contributed by atoms with Crippen LogP contribution in [0.4, 0.5) is 10.1 Å². The van der Waals surface area contributed by atoms with Gasteiger partial charge in [-0.05, 0) is 45.0 Å². The molecule has 24 heavy (non-hydrogen) atoms. The molecule has 1 aromatic rings. The van der Waals surface area contributed by atoms with E-state index >= 15 is 0 Å². The SMILES string of the molecule is CCNC(=O)[C@H](C)OC(=O)[C@H](C)SCC(=O)Nc1ccc(F)cc1. The van der Waals surface area contributed by atoms with Crippen LogP contribution in [0.2, 0.25) is 0 Å². The maximum Gasteiger partial charge on any atom is 0.319 e. The van der Waals surface area contributed by atoms with E-state index in [0.717, 1.165) is 11.8 Å². The maximum absolute atomic E-state index is 12.8. The highest BCUT2D eigenvalue weighted by Crippen LogP contribution is 2.14. The second kappa shape index (κ2) is 9.92. The number of carbonyl (C=O) groups is 3. The summed E-state index contributed by atoms with van der Waals surface area (Å²) in [7, 11) is 0. The van der Waals surface area contributed by atoms with Gasteiger partial charge in [0.2, 0.25) is 5.91 Å². The number of amides is 2. The molecule has 0 aliphatic carbocycles. The number of halogens is 1. The molecule has 0 fully saturated rings. The van der Waals surface area contributed by atoms with Gasteiger partial charge in [0.1, 0.15) is 11.1 Å². The van der Waals surface area contributed by atoms with Crippen molar-refractivity contribution in [3.63, 3.8) is 0 Å². The first-order valence-electron chi connectivity index (χ1n) is 7.48. The summed E-state index contributed by atoms with van der Waals surface area (Å²) in [5.74, 6) is -1.60. The van der Waals surface area contributed by atoms with Gasteiger partial charge >= 0.3 is 5.97 Å². The van der Waals surface area contributed by atoms with E-state index in [4.69, 9.17) is 4.74 Å². The molecule has 132 valence electrons. The monoisotopic (exact) mass is 356 g/mol. The lowest BCUT2D eigenvalue weighted by atomic mass is 10.3. The summed E-state index contributed by atoms with van der Waals surface area (Å²) in [6, 6.07) is 5.38. The first-order chi connectivity index (χ1) is 11.3. The lowest BCUT2D eigenvalue weighted by Crippen LogP contribution is -2.37. The van der Waals surface area contributed by atoms with Gasteiger partial charge in [-0.15, -0.1) is 11.8 Å². The minimum atomic E-state index is -0.881. The fraction of sp³-hybridized carbons (Fsp3) is 0.438. The topological polar surface area (TPSA) is 84.5 Å². The van der Waals surface area contributed by atoms with Crippen molar-refractivity contribution in [2.24, 2.45) is 0 Å². The first-order valence-corrected chi connectivity index (χ1v) is 8.53. The van der Waals surface area contributed by atoms with Crippen LogP contribution in [0, 0.1) is 5.82 Å². The van der Waals surface area contributed by atoms with Crippen molar-refractivity contribution in [2.75, 3.05) is 17.6 Å². The second-order valence-corrected chi connectivity index (χ2v) is 6.31. The zero-order chi connectivity index (χ0) is 18.1. The Bertz CT molecular complexity index is 580. The van der Waals surface area contributed by atoms with E-state index in [1.54, 1.807) is 13.8 Å². The molecule has 0 saturated carbocycles. The summed E-state index contributed by atoms with van der Waals surface area (Å²) in [5.41, 5.74) is 0.474. The maximum atomic E-state index is 12.8. The highest BCUT2D eigenvalue weighted by molar-refractivity contribution is 8.01. The van der Waals surface area contributed by atoms with E-state index in [9.17, 15) is 18.8 Å². The summed E-state index contributed by atoms with van der Waals surface area (Å²) in [4.78, 5) is 35.2. The van der Waals surface area contributed by atoms with Gasteiger partial charge in [0.15, 0.2) is 6.10 Å². The molecule has 0 heterocycles. The minimum Gasteiger partial charge on any atom is -0.452 e. The van der Waals surface area contributed by atoms with Crippen LogP contribution in [-0.2, 0) is 19.1 Å². The number of likely N-dealkylation sites (N-methyl/N-ethyl adjacent to an activating group) is 1. The lowest BCUT2D eigenvalue weighted by molar-refractivity contribution is -0.153. The standard InChI is InChI=1S/C16H21FN2O4S/c1-4-18-15(21)10(2)23-16(22)11(3)24-9-14(20)19-13-7-5-12(17)6-8-13/h5-8,10-11H,4,9H2,1-3H3,(H,18,21)(H,19,20)/t10-,11-/m0/s1. The Morgan fingerprint density at radius 1 is 1.21 bits per heavy atom. The van der Waals surface area contributed by atoms with Crippen molar-refractivity contribution in [1.29, 1.82) is 0 Å². The van der Waals surface area contributed by atoms with Gasteiger partial charge in [0.25, 0.3) is 5.91 Å². The van der Waals surface area contributed by atoms with E-state index in [0.29, 0.717) is 12.2 Å². The third-order valence-corrected chi connectivity index (χ3v) is 4.06. The molecule has 8 heteroatoms. The van der Waals surface area contributed by atoms with Gasteiger partial charge in [-0.1, -0.05) is 0 Å². The number of hydrogen-bond acceptors (Lipinski definition) is 5. The first kappa shape index (κ1) is 20.0. The van der Waals surface area contributed by atoms with Crippen LogP contribution in [0.1, 0.15) is 20.8 Å². The number of carbonyl (C=O) groups excluding carboxylic acids is 3. The van der Waals surface area contributed by atoms with Crippen molar-refractivity contribution < 1.29 is 23.5 Å². The van der Waals surface area contributed by atoms with E-state index in [1.807, 2.05) is 0 Å². The molecule has 0 bridgehead atoms. The van der Waals surface area contributed by atoms with Crippen LogP contribution in [0.3, 0.4) is 0 Å². The molecule has 0 saturated heterocycles. The molecule has 1 rings (SSSR count). The molecule has 2 N–H and O–H groups in total. The second-order valence-electron chi connectivity index (χ2n) is 4.98. The zero-order valence-corrected chi connectivity index (χ0v) is 14.6. The van der Waals surface area contributed by atoms with Gasteiger partial charge in [-0.3, -0.25) is 14.4 Å². The molecular weight excluding hydrogens is 335 g/mol. The molecule has 6 nitrogen and oxygen atoms in total. The minimum absolute atomic E-state index is 0.0309. The normalized spacial score (nSPS) is 12.8. The Balaban J connectivity index is 2.37.